The number of hydrogen-bond donors (Lipinski definition) is 0. The predicted octanol–water partition coefficient (Wildman–Crippen LogP) is 2.53. The molecule has 0 aliphatic carbocycles. The van der Waals surface area contributed by atoms with Crippen molar-refractivity contribution in [3.05, 3.63) is 35.8 Å². The lowest BCUT2D eigenvalue weighted by Gasteiger charge is -1.98. The van der Waals surface area contributed by atoms with Gasteiger partial charge in [0.05, 0.1) is 18.9 Å². The molecule has 0 saturated carbocycles. The van der Waals surface area contributed by atoms with Crippen LogP contribution in [0.15, 0.2) is 28.9 Å². The van der Waals surface area contributed by atoms with Crippen LogP contribution in [0.3, 0.4) is 0 Å². The van der Waals surface area contributed by atoms with Gasteiger partial charge in [-0.15, -0.1) is 0 Å². The number of esters is 1. The van der Waals surface area contributed by atoms with Crippen molar-refractivity contribution >= 4 is 16.7 Å². The Morgan fingerprint density at radius 3 is 2.93 bits per heavy atom. The zero-order valence-corrected chi connectivity index (χ0v) is 8.03. The molecular weight excluding hydrogens is 180 g/mol. The second-order valence-electron chi connectivity index (χ2n) is 3.09. The van der Waals surface area contributed by atoms with E-state index in [9.17, 15) is 4.79 Å². The second kappa shape index (κ2) is 3.18. The van der Waals surface area contributed by atoms with Crippen LogP contribution in [0.1, 0.15) is 16.1 Å². The van der Waals surface area contributed by atoms with Crippen LogP contribution in [0.2, 0.25) is 0 Å². The highest BCUT2D eigenvalue weighted by atomic mass is 16.5. The molecule has 3 heteroatoms. The molecule has 0 saturated heterocycles. The normalized spacial score (nSPS) is 10.4. The van der Waals surface area contributed by atoms with Gasteiger partial charge in [0, 0.05) is 10.8 Å². The number of hydrogen-bond acceptors (Lipinski definition) is 3. The molecule has 0 aliphatic heterocycles. The summed E-state index contributed by atoms with van der Waals surface area (Å²) in [5.74, 6) is 0.530. The van der Waals surface area contributed by atoms with E-state index in [-0.39, 0.29) is 5.97 Å². The van der Waals surface area contributed by atoms with Crippen molar-refractivity contribution in [2.45, 2.75) is 6.92 Å². The average Bonchev–Trinajstić information content (AvgIpc) is 2.59. The fraction of sp³-hybridized carbons (Fsp3) is 0.182. The third-order valence-electron chi connectivity index (χ3n) is 2.21. The van der Waals surface area contributed by atoms with Gasteiger partial charge >= 0.3 is 5.97 Å². The minimum absolute atomic E-state index is 0.328. The number of fused-ring (bicyclic) bond motifs is 1. The van der Waals surface area contributed by atoms with E-state index in [2.05, 4.69) is 4.74 Å². The van der Waals surface area contributed by atoms with Gasteiger partial charge in [-0.2, -0.15) is 0 Å². The van der Waals surface area contributed by atoms with Crippen molar-refractivity contribution in [1.29, 1.82) is 0 Å². The fourth-order valence-electron chi connectivity index (χ4n) is 1.44. The Morgan fingerprint density at radius 1 is 1.43 bits per heavy atom. The third-order valence-corrected chi connectivity index (χ3v) is 2.21. The van der Waals surface area contributed by atoms with Gasteiger partial charge in [0.2, 0.25) is 0 Å². The van der Waals surface area contributed by atoms with E-state index in [1.165, 1.54) is 7.11 Å². The summed E-state index contributed by atoms with van der Waals surface area (Å²) in [6.07, 6.45) is 1.64. The van der Waals surface area contributed by atoms with Gasteiger partial charge in [0.25, 0.3) is 0 Å². The molecule has 0 atom stereocenters. The van der Waals surface area contributed by atoms with Crippen molar-refractivity contribution in [3.63, 3.8) is 0 Å². The SMILES string of the molecule is COC(=O)c1ccc2c(C)occ2c1. The van der Waals surface area contributed by atoms with Crippen LogP contribution in [0.25, 0.3) is 10.8 Å². The zero-order valence-electron chi connectivity index (χ0n) is 8.03. The van der Waals surface area contributed by atoms with Gasteiger partial charge in [0.1, 0.15) is 5.76 Å². The van der Waals surface area contributed by atoms with Gasteiger partial charge in [-0.05, 0) is 19.1 Å². The van der Waals surface area contributed by atoms with E-state index < -0.39 is 0 Å². The Morgan fingerprint density at radius 2 is 2.21 bits per heavy atom. The van der Waals surface area contributed by atoms with Crippen LogP contribution >= 0.6 is 0 Å². The summed E-state index contributed by atoms with van der Waals surface area (Å²) < 4.78 is 9.85. The van der Waals surface area contributed by atoms with Crippen LogP contribution in [0, 0.1) is 6.92 Å². The number of methoxy groups -OCH3 is 1. The second-order valence-corrected chi connectivity index (χ2v) is 3.09. The van der Waals surface area contributed by atoms with Crippen LogP contribution in [0.5, 0.6) is 0 Å². The molecular formula is C11H10O3. The molecule has 3 nitrogen and oxygen atoms in total. The molecule has 0 spiro atoms. The first kappa shape index (κ1) is 8.81. The van der Waals surface area contributed by atoms with Gasteiger partial charge in [-0.25, -0.2) is 4.79 Å². The highest BCUT2D eigenvalue weighted by molar-refractivity contribution is 5.95. The van der Waals surface area contributed by atoms with E-state index in [1.807, 2.05) is 13.0 Å². The molecule has 0 N–H and O–H groups in total. The minimum atomic E-state index is -0.328. The van der Waals surface area contributed by atoms with Crippen LogP contribution in [-0.2, 0) is 4.74 Å². The number of furan rings is 1. The number of aryl methyl sites for hydroxylation is 1. The Hall–Kier alpha value is -1.77. The molecule has 2 aromatic rings. The molecule has 0 fully saturated rings. The highest BCUT2D eigenvalue weighted by Gasteiger charge is 2.08. The first-order valence-electron chi connectivity index (χ1n) is 4.28. The third kappa shape index (κ3) is 1.27. The summed E-state index contributed by atoms with van der Waals surface area (Å²) in [6.45, 7) is 1.89. The largest absolute Gasteiger partial charge is 0.468 e. The molecule has 0 unspecified atom stereocenters. The predicted molar refractivity (Wildman–Crippen MR) is 52.3 cm³/mol. The summed E-state index contributed by atoms with van der Waals surface area (Å²) in [5, 5.41) is 1.95. The van der Waals surface area contributed by atoms with E-state index in [0.29, 0.717) is 5.56 Å². The Balaban J connectivity index is 2.57. The molecule has 1 aromatic carbocycles. The van der Waals surface area contributed by atoms with Crippen molar-refractivity contribution in [2.24, 2.45) is 0 Å². The van der Waals surface area contributed by atoms with Crippen molar-refractivity contribution in [2.75, 3.05) is 7.11 Å². The molecule has 0 aliphatic rings. The monoisotopic (exact) mass is 190 g/mol. The summed E-state index contributed by atoms with van der Waals surface area (Å²) in [7, 11) is 1.37. The topological polar surface area (TPSA) is 39.4 Å². The Labute approximate surface area is 81.3 Å². The summed E-state index contributed by atoms with van der Waals surface area (Å²) in [4.78, 5) is 11.2. The zero-order chi connectivity index (χ0) is 10.1. The lowest BCUT2D eigenvalue weighted by atomic mass is 10.1. The summed E-state index contributed by atoms with van der Waals surface area (Å²) in [6, 6.07) is 5.36. The molecule has 72 valence electrons. The van der Waals surface area contributed by atoms with E-state index >= 15 is 0 Å². The van der Waals surface area contributed by atoms with Gasteiger partial charge < -0.3 is 9.15 Å². The van der Waals surface area contributed by atoms with Gasteiger partial charge in [-0.3, -0.25) is 0 Å². The summed E-state index contributed by atoms with van der Waals surface area (Å²) in [5.41, 5.74) is 0.542. The number of carbonyl (C=O) groups is 1. The Kier molecular flexibility index (Phi) is 2.00. The molecule has 1 heterocycles. The van der Waals surface area contributed by atoms with E-state index in [1.54, 1.807) is 18.4 Å². The maximum Gasteiger partial charge on any atom is 0.337 e. The number of benzene rings is 1. The van der Waals surface area contributed by atoms with E-state index in [0.717, 1.165) is 16.5 Å². The summed E-state index contributed by atoms with van der Waals surface area (Å²) >= 11 is 0. The van der Waals surface area contributed by atoms with Crippen LogP contribution in [0.4, 0.5) is 0 Å². The first-order chi connectivity index (χ1) is 6.72. The number of ether oxygens (including phenoxy) is 1. The quantitative estimate of drug-likeness (QED) is 0.648. The van der Waals surface area contributed by atoms with Crippen LogP contribution < -0.4 is 0 Å². The standard InChI is InChI=1S/C11H10O3/c1-7-10-4-3-8(11(12)13-2)5-9(10)6-14-7/h3-6H,1-2H3. The van der Waals surface area contributed by atoms with Crippen molar-refractivity contribution in [3.8, 4) is 0 Å². The lowest BCUT2D eigenvalue weighted by molar-refractivity contribution is 0.0601. The fourth-order valence-corrected chi connectivity index (χ4v) is 1.44. The molecule has 2 rings (SSSR count). The van der Waals surface area contributed by atoms with Crippen molar-refractivity contribution in [1.82, 2.24) is 0 Å². The maximum absolute atomic E-state index is 11.2. The van der Waals surface area contributed by atoms with E-state index in [4.69, 9.17) is 4.42 Å². The van der Waals surface area contributed by atoms with Gasteiger partial charge in [0.15, 0.2) is 0 Å². The minimum Gasteiger partial charge on any atom is -0.468 e. The average molecular weight is 190 g/mol. The van der Waals surface area contributed by atoms with Crippen molar-refractivity contribution < 1.29 is 13.9 Å². The molecule has 0 amide bonds. The highest BCUT2D eigenvalue weighted by Crippen LogP contribution is 2.21. The number of carbonyl (C=O) groups excluding carboxylic acids is 1. The Bertz CT molecular complexity index is 482. The molecule has 0 bridgehead atoms. The smallest absolute Gasteiger partial charge is 0.337 e. The van der Waals surface area contributed by atoms with Crippen LogP contribution in [-0.4, -0.2) is 13.1 Å². The molecule has 1 aromatic heterocycles. The maximum atomic E-state index is 11.2. The number of rotatable bonds is 1. The molecule has 14 heavy (non-hydrogen) atoms. The van der Waals surface area contributed by atoms with Gasteiger partial charge in [-0.1, -0.05) is 6.07 Å². The first-order valence-corrected chi connectivity index (χ1v) is 4.28. The molecule has 0 radical (unpaired) electrons. The lowest BCUT2D eigenvalue weighted by Crippen LogP contribution is -2.00.